The average Bonchev–Trinajstić information content (AvgIpc) is 3.32. The Bertz CT molecular complexity index is 1180. The number of hydrogen-bond donors (Lipinski definition) is 0. The van der Waals surface area contributed by atoms with Crippen molar-refractivity contribution in [3.63, 3.8) is 0 Å². The van der Waals surface area contributed by atoms with Gasteiger partial charge >= 0.3 is 0 Å². The molecule has 7 nitrogen and oxygen atoms in total. The summed E-state index contributed by atoms with van der Waals surface area (Å²) in [5, 5.41) is 8.45. The third kappa shape index (κ3) is 4.02. The Morgan fingerprint density at radius 3 is 2.71 bits per heavy atom. The molecule has 0 saturated carbocycles. The van der Waals surface area contributed by atoms with Crippen LogP contribution in [-0.4, -0.2) is 33.4 Å². The van der Waals surface area contributed by atoms with Crippen molar-refractivity contribution in [2.45, 2.75) is 11.3 Å². The zero-order chi connectivity index (χ0) is 21.0. The molecule has 8 heteroatoms. The van der Waals surface area contributed by atoms with Gasteiger partial charge in [0, 0.05) is 12.4 Å². The number of ether oxygens (including phenoxy) is 1. The summed E-state index contributed by atoms with van der Waals surface area (Å²) in [6, 6.07) is 20.9. The molecule has 0 spiro atoms. The summed E-state index contributed by atoms with van der Waals surface area (Å²) in [7, 11) is 0. The molecule has 1 atom stereocenters. The van der Waals surface area contributed by atoms with Gasteiger partial charge in [0.1, 0.15) is 12.4 Å². The summed E-state index contributed by atoms with van der Waals surface area (Å²) in [6.45, 7) is 0.392. The van der Waals surface area contributed by atoms with E-state index in [4.69, 9.17) is 9.15 Å². The Labute approximate surface area is 183 Å². The molecule has 3 heterocycles. The number of carbonyl (C=O) groups excluding carboxylic acids is 1. The van der Waals surface area contributed by atoms with Crippen molar-refractivity contribution in [2.24, 2.45) is 0 Å². The highest BCUT2D eigenvalue weighted by Gasteiger charge is 2.33. The van der Waals surface area contributed by atoms with Crippen LogP contribution in [-0.2, 0) is 4.79 Å². The van der Waals surface area contributed by atoms with E-state index in [2.05, 4.69) is 15.2 Å². The molecule has 0 radical (unpaired) electrons. The third-order valence-corrected chi connectivity index (χ3v) is 5.72. The van der Waals surface area contributed by atoms with Gasteiger partial charge in [-0.05, 0) is 29.8 Å². The van der Waals surface area contributed by atoms with Gasteiger partial charge in [0.05, 0.1) is 23.0 Å². The van der Waals surface area contributed by atoms with Crippen molar-refractivity contribution >= 4 is 23.4 Å². The van der Waals surface area contributed by atoms with Crippen LogP contribution in [0.1, 0.15) is 11.6 Å². The Morgan fingerprint density at radius 1 is 1.03 bits per heavy atom. The molecule has 31 heavy (non-hydrogen) atoms. The van der Waals surface area contributed by atoms with E-state index in [1.54, 1.807) is 23.4 Å². The molecule has 0 aliphatic carbocycles. The number of rotatable bonds is 5. The lowest BCUT2D eigenvalue weighted by atomic mass is 10.0. The van der Waals surface area contributed by atoms with Gasteiger partial charge in [0.15, 0.2) is 0 Å². The molecule has 2 aromatic heterocycles. The van der Waals surface area contributed by atoms with E-state index in [9.17, 15) is 4.79 Å². The van der Waals surface area contributed by atoms with Crippen molar-refractivity contribution in [3.05, 3.63) is 84.7 Å². The minimum Gasteiger partial charge on any atom is -0.489 e. The molecule has 1 unspecified atom stereocenters. The van der Waals surface area contributed by atoms with Crippen molar-refractivity contribution < 1.29 is 13.9 Å². The predicted octanol–water partition coefficient (Wildman–Crippen LogP) is 4.39. The zero-order valence-electron chi connectivity index (χ0n) is 16.4. The van der Waals surface area contributed by atoms with Gasteiger partial charge in [-0.1, -0.05) is 54.2 Å². The van der Waals surface area contributed by atoms with Crippen LogP contribution in [0.2, 0.25) is 0 Å². The summed E-state index contributed by atoms with van der Waals surface area (Å²) in [4.78, 5) is 19.2. The maximum absolute atomic E-state index is 13.3. The largest absolute Gasteiger partial charge is 0.489 e. The number of benzene rings is 2. The van der Waals surface area contributed by atoms with Gasteiger partial charge in [-0.15, -0.1) is 10.2 Å². The highest BCUT2D eigenvalue weighted by atomic mass is 32.2. The van der Waals surface area contributed by atoms with Crippen LogP contribution in [0.15, 0.2) is 88.8 Å². The number of hydrogen-bond acceptors (Lipinski definition) is 7. The van der Waals surface area contributed by atoms with Crippen LogP contribution in [0.3, 0.4) is 0 Å². The molecule has 154 valence electrons. The molecular formula is C23H18N4O3S. The molecule has 0 bridgehead atoms. The van der Waals surface area contributed by atoms with E-state index in [-0.39, 0.29) is 17.7 Å². The minimum absolute atomic E-state index is 0.0595. The number of nitrogens with zero attached hydrogens (tertiary/aromatic N) is 4. The van der Waals surface area contributed by atoms with Crippen molar-refractivity contribution in [2.75, 3.05) is 17.3 Å². The molecule has 4 aromatic rings. The van der Waals surface area contributed by atoms with E-state index < -0.39 is 0 Å². The SMILES string of the molecule is O=C(CSc1nnc(-c2cccnc2)o1)N1c2ccccc2OCC1c1ccccc1. The summed E-state index contributed by atoms with van der Waals surface area (Å²) < 4.78 is 11.6. The standard InChI is InChI=1S/C23H18N4O3S/c28-21(15-31-23-26-25-22(30-23)17-9-6-12-24-13-17)27-18-10-4-5-11-20(18)29-14-19(27)16-7-2-1-3-8-16/h1-13,19H,14-15H2. The van der Waals surface area contributed by atoms with Gasteiger partial charge in [0.25, 0.3) is 5.22 Å². The molecule has 0 N–H and O–H groups in total. The van der Waals surface area contributed by atoms with E-state index >= 15 is 0 Å². The van der Waals surface area contributed by atoms with Gasteiger partial charge in [0.2, 0.25) is 11.8 Å². The fraction of sp³-hybridized carbons (Fsp3) is 0.130. The fourth-order valence-corrected chi connectivity index (χ4v) is 4.11. The second-order valence-corrected chi connectivity index (χ2v) is 7.80. The van der Waals surface area contributed by atoms with Crippen molar-refractivity contribution in [1.29, 1.82) is 0 Å². The highest BCUT2D eigenvalue weighted by Crippen LogP contribution is 2.39. The number of fused-ring (bicyclic) bond motifs is 1. The fourth-order valence-electron chi connectivity index (χ4n) is 3.49. The van der Waals surface area contributed by atoms with Crippen LogP contribution < -0.4 is 9.64 Å². The van der Waals surface area contributed by atoms with Crippen LogP contribution in [0.5, 0.6) is 5.75 Å². The van der Waals surface area contributed by atoms with Crippen LogP contribution in [0, 0.1) is 0 Å². The van der Waals surface area contributed by atoms with Crippen LogP contribution >= 0.6 is 11.8 Å². The Morgan fingerprint density at radius 2 is 1.87 bits per heavy atom. The first-order chi connectivity index (χ1) is 15.3. The van der Waals surface area contributed by atoms with Crippen molar-refractivity contribution in [3.8, 4) is 17.2 Å². The predicted molar refractivity (Wildman–Crippen MR) is 117 cm³/mol. The smallest absolute Gasteiger partial charge is 0.277 e. The number of pyridine rings is 1. The summed E-state index contributed by atoms with van der Waals surface area (Å²) in [5.74, 6) is 1.18. The zero-order valence-corrected chi connectivity index (χ0v) is 17.2. The molecule has 1 aliphatic rings. The summed E-state index contributed by atoms with van der Waals surface area (Å²) in [6.07, 6.45) is 3.33. The van der Waals surface area contributed by atoms with Gasteiger partial charge < -0.3 is 9.15 Å². The number of aromatic nitrogens is 3. The first kappa shape index (κ1) is 19.3. The normalized spacial score (nSPS) is 15.2. The molecular weight excluding hydrogens is 412 g/mol. The van der Waals surface area contributed by atoms with Gasteiger partial charge in [-0.2, -0.15) is 0 Å². The maximum atomic E-state index is 13.3. The quantitative estimate of drug-likeness (QED) is 0.434. The third-order valence-electron chi connectivity index (χ3n) is 4.92. The lowest BCUT2D eigenvalue weighted by molar-refractivity contribution is -0.117. The second kappa shape index (κ2) is 8.61. The number of anilines is 1. The van der Waals surface area contributed by atoms with E-state index in [1.807, 2.05) is 60.7 Å². The van der Waals surface area contributed by atoms with E-state index in [1.165, 1.54) is 11.8 Å². The first-order valence-corrected chi connectivity index (χ1v) is 10.7. The number of carbonyl (C=O) groups is 1. The monoisotopic (exact) mass is 430 g/mol. The first-order valence-electron chi connectivity index (χ1n) is 9.75. The second-order valence-electron chi connectivity index (χ2n) is 6.87. The molecule has 1 amide bonds. The van der Waals surface area contributed by atoms with E-state index in [0.717, 1.165) is 16.8 Å². The molecule has 1 aliphatic heterocycles. The highest BCUT2D eigenvalue weighted by molar-refractivity contribution is 7.99. The van der Waals surface area contributed by atoms with Gasteiger partial charge in [-0.25, -0.2) is 0 Å². The molecule has 0 fully saturated rings. The van der Waals surface area contributed by atoms with Gasteiger partial charge in [-0.3, -0.25) is 14.7 Å². The van der Waals surface area contributed by atoms with Crippen LogP contribution in [0.25, 0.3) is 11.5 Å². The Balaban J connectivity index is 1.37. The minimum atomic E-state index is -0.210. The number of para-hydroxylation sites is 2. The molecule has 2 aromatic carbocycles. The number of amides is 1. The maximum Gasteiger partial charge on any atom is 0.277 e. The Hall–Kier alpha value is -3.65. The van der Waals surface area contributed by atoms with E-state index in [0.29, 0.717) is 23.5 Å². The van der Waals surface area contributed by atoms with Crippen LogP contribution in [0.4, 0.5) is 5.69 Å². The number of thioether (sulfide) groups is 1. The molecule has 0 saturated heterocycles. The average molecular weight is 430 g/mol. The Kier molecular flexibility index (Phi) is 5.37. The lowest BCUT2D eigenvalue weighted by Gasteiger charge is -2.37. The lowest BCUT2D eigenvalue weighted by Crippen LogP contribution is -2.42. The van der Waals surface area contributed by atoms with Crippen molar-refractivity contribution in [1.82, 2.24) is 15.2 Å². The summed E-state index contributed by atoms with van der Waals surface area (Å²) in [5.41, 5.74) is 2.52. The summed E-state index contributed by atoms with van der Waals surface area (Å²) >= 11 is 1.22. The topological polar surface area (TPSA) is 81.3 Å². The molecule has 5 rings (SSSR count).